The second kappa shape index (κ2) is 3.33. The van der Waals surface area contributed by atoms with Crippen molar-refractivity contribution < 1.29 is 0 Å². The summed E-state index contributed by atoms with van der Waals surface area (Å²) >= 11 is 0. The highest BCUT2D eigenvalue weighted by Gasteiger charge is 2.01. The minimum absolute atomic E-state index is 0.372. The van der Waals surface area contributed by atoms with Crippen LogP contribution < -0.4 is 11.1 Å². The van der Waals surface area contributed by atoms with Gasteiger partial charge in [-0.2, -0.15) is 5.10 Å². The number of nitrogens with zero attached hydrogens (tertiary/aromatic N) is 4. The summed E-state index contributed by atoms with van der Waals surface area (Å²) in [6.07, 6.45) is 6.64. The quantitative estimate of drug-likeness (QED) is 0.722. The molecule has 0 atom stereocenters. The molecule has 0 aliphatic rings. The largest absolute Gasteiger partial charge is 0.381 e. The van der Waals surface area contributed by atoms with Gasteiger partial charge in [0.25, 0.3) is 0 Å². The summed E-state index contributed by atoms with van der Waals surface area (Å²) in [6.45, 7) is 0. The number of aromatic nitrogens is 4. The van der Waals surface area contributed by atoms with Gasteiger partial charge in [0.15, 0.2) is 11.6 Å². The van der Waals surface area contributed by atoms with Crippen LogP contribution in [0.5, 0.6) is 0 Å². The molecule has 3 N–H and O–H groups in total. The molecule has 0 radical (unpaired) electrons. The first-order valence-corrected chi connectivity index (χ1v) is 4.08. The molecule has 0 saturated heterocycles. The monoisotopic (exact) mass is 190 g/mol. The number of nitrogens with one attached hydrogen (secondary N) is 1. The maximum atomic E-state index is 5.61. The third kappa shape index (κ3) is 1.63. The molecule has 2 aromatic heterocycles. The summed E-state index contributed by atoms with van der Waals surface area (Å²) < 4.78 is 1.69. The van der Waals surface area contributed by atoms with Crippen LogP contribution in [0.2, 0.25) is 0 Å². The predicted octanol–water partition coefficient (Wildman–Crippen LogP) is 0.536. The van der Waals surface area contributed by atoms with Crippen LogP contribution in [0.25, 0.3) is 0 Å². The summed E-state index contributed by atoms with van der Waals surface area (Å²) in [5.41, 5.74) is 6.44. The lowest BCUT2D eigenvalue weighted by Gasteiger charge is -2.03. The highest BCUT2D eigenvalue weighted by Crippen LogP contribution is 2.16. The van der Waals surface area contributed by atoms with Crippen LogP contribution in [0.4, 0.5) is 17.3 Å². The fourth-order valence-corrected chi connectivity index (χ4v) is 1.07. The lowest BCUT2D eigenvalue weighted by molar-refractivity contribution is 0.768. The van der Waals surface area contributed by atoms with Crippen LogP contribution in [-0.2, 0) is 7.05 Å². The van der Waals surface area contributed by atoms with Gasteiger partial charge < -0.3 is 11.1 Å². The van der Waals surface area contributed by atoms with Crippen LogP contribution in [0.3, 0.4) is 0 Å². The van der Waals surface area contributed by atoms with E-state index in [1.54, 1.807) is 23.3 Å². The summed E-state index contributed by atoms with van der Waals surface area (Å²) in [5.74, 6) is 0.914. The van der Waals surface area contributed by atoms with Gasteiger partial charge in [0, 0.05) is 25.6 Å². The zero-order valence-electron chi connectivity index (χ0n) is 7.68. The zero-order chi connectivity index (χ0) is 9.97. The number of aryl methyl sites for hydroxylation is 1. The van der Waals surface area contributed by atoms with Crippen molar-refractivity contribution in [1.29, 1.82) is 0 Å². The lowest BCUT2D eigenvalue weighted by Crippen LogP contribution is -2.00. The average Bonchev–Trinajstić information content (AvgIpc) is 2.56. The number of rotatable bonds is 2. The van der Waals surface area contributed by atoms with Gasteiger partial charge in [0.05, 0.1) is 11.9 Å². The number of hydrogen-bond donors (Lipinski definition) is 2. The van der Waals surface area contributed by atoms with Crippen LogP contribution in [0.15, 0.2) is 24.8 Å². The topological polar surface area (TPSA) is 81.7 Å². The van der Waals surface area contributed by atoms with Gasteiger partial charge in [0.2, 0.25) is 0 Å². The fraction of sp³-hybridized carbons (Fsp3) is 0.125. The Morgan fingerprint density at radius 1 is 1.36 bits per heavy atom. The molecular formula is C8H10N6. The van der Waals surface area contributed by atoms with Gasteiger partial charge in [-0.05, 0) is 0 Å². The Kier molecular flexibility index (Phi) is 2.02. The van der Waals surface area contributed by atoms with Gasteiger partial charge in [-0.3, -0.25) is 4.68 Å². The molecule has 6 heteroatoms. The molecule has 72 valence electrons. The van der Waals surface area contributed by atoms with E-state index >= 15 is 0 Å². The maximum Gasteiger partial charge on any atom is 0.173 e. The molecule has 2 heterocycles. The minimum Gasteiger partial charge on any atom is -0.381 e. The van der Waals surface area contributed by atoms with Gasteiger partial charge in [-0.1, -0.05) is 0 Å². The van der Waals surface area contributed by atoms with Crippen LogP contribution in [0, 0.1) is 0 Å². The van der Waals surface area contributed by atoms with Crippen molar-refractivity contribution in [2.24, 2.45) is 7.05 Å². The Labute approximate surface area is 80.8 Å². The number of hydrogen-bond acceptors (Lipinski definition) is 5. The average molecular weight is 190 g/mol. The summed E-state index contributed by atoms with van der Waals surface area (Å²) in [6, 6.07) is 0. The van der Waals surface area contributed by atoms with Crippen molar-refractivity contribution in [3.8, 4) is 0 Å². The highest BCUT2D eigenvalue weighted by molar-refractivity contribution is 5.64. The highest BCUT2D eigenvalue weighted by atomic mass is 15.3. The number of anilines is 3. The molecule has 0 unspecified atom stereocenters. The van der Waals surface area contributed by atoms with E-state index in [9.17, 15) is 0 Å². The maximum absolute atomic E-state index is 5.61. The van der Waals surface area contributed by atoms with Gasteiger partial charge in [0.1, 0.15) is 0 Å². The molecule has 6 nitrogen and oxygen atoms in total. The molecule has 2 rings (SSSR count). The third-order valence-electron chi connectivity index (χ3n) is 1.69. The molecule has 0 fully saturated rings. The van der Waals surface area contributed by atoms with Crippen LogP contribution in [-0.4, -0.2) is 19.7 Å². The zero-order valence-corrected chi connectivity index (χ0v) is 7.68. The smallest absolute Gasteiger partial charge is 0.173 e. The predicted molar refractivity (Wildman–Crippen MR) is 52.9 cm³/mol. The summed E-state index contributed by atoms with van der Waals surface area (Å²) in [5, 5.41) is 7.02. The van der Waals surface area contributed by atoms with E-state index in [1.165, 1.54) is 0 Å². The first-order chi connectivity index (χ1) is 6.75. The van der Waals surface area contributed by atoms with Crippen LogP contribution in [0.1, 0.15) is 0 Å². The van der Waals surface area contributed by atoms with Gasteiger partial charge in [-0.25, -0.2) is 9.97 Å². The lowest BCUT2D eigenvalue weighted by atomic mass is 10.5. The number of nitrogens with two attached hydrogens (primary N) is 1. The molecule has 2 aromatic rings. The second-order valence-electron chi connectivity index (χ2n) is 2.82. The van der Waals surface area contributed by atoms with Crippen molar-refractivity contribution >= 4 is 17.3 Å². The van der Waals surface area contributed by atoms with Gasteiger partial charge in [-0.15, -0.1) is 0 Å². The summed E-state index contributed by atoms with van der Waals surface area (Å²) in [4.78, 5) is 7.95. The standard InChI is InChI=1S/C8H10N6/c1-14-5-6(4-12-14)13-8-7(9)10-2-3-11-8/h2-5H,1H3,(H2,9,10)(H,11,13). The molecule has 0 spiro atoms. The van der Waals surface area contributed by atoms with E-state index in [4.69, 9.17) is 5.73 Å². The first-order valence-electron chi connectivity index (χ1n) is 4.08. The summed E-state index contributed by atoms with van der Waals surface area (Å²) in [7, 11) is 1.84. The Morgan fingerprint density at radius 2 is 2.14 bits per heavy atom. The minimum atomic E-state index is 0.372. The molecule has 0 aliphatic heterocycles. The second-order valence-corrected chi connectivity index (χ2v) is 2.82. The van der Waals surface area contributed by atoms with Crippen molar-refractivity contribution in [2.45, 2.75) is 0 Å². The molecule has 0 saturated carbocycles. The van der Waals surface area contributed by atoms with Crippen molar-refractivity contribution in [3.05, 3.63) is 24.8 Å². The molecule has 0 aliphatic carbocycles. The number of nitrogen functional groups attached to an aromatic ring is 1. The molecule has 0 aromatic carbocycles. The SMILES string of the molecule is Cn1cc(Nc2nccnc2N)cn1. The molecule has 14 heavy (non-hydrogen) atoms. The Hall–Kier alpha value is -2.11. The van der Waals surface area contributed by atoms with Gasteiger partial charge >= 0.3 is 0 Å². The third-order valence-corrected chi connectivity index (χ3v) is 1.69. The molecular weight excluding hydrogens is 180 g/mol. The van der Waals surface area contributed by atoms with Crippen LogP contribution >= 0.6 is 0 Å². The Balaban J connectivity index is 2.23. The van der Waals surface area contributed by atoms with E-state index in [0.717, 1.165) is 5.69 Å². The molecule has 0 amide bonds. The van der Waals surface area contributed by atoms with Crippen molar-refractivity contribution in [3.63, 3.8) is 0 Å². The van der Waals surface area contributed by atoms with E-state index in [2.05, 4.69) is 20.4 Å². The Bertz CT molecular complexity index is 435. The van der Waals surface area contributed by atoms with E-state index in [1.807, 2.05) is 13.2 Å². The van der Waals surface area contributed by atoms with Crippen molar-refractivity contribution in [1.82, 2.24) is 19.7 Å². The van der Waals surface area contributed by atoms with E-state index < -0.39 is 0 Å². The Morgan fingerprint density at radius 3 is 2.79 bits per heavy atom. The van der Waals surface area contributed by atoms with E-state index in [-0.39, 0.29) is 0 Å². The molecule has 0 bridgehead atoms. The normalized spacial score (nSPS) is 10.1. The van der Waals surface area contributed by atoms with Crippen molar-refractivity contribution in [2.75, 3.05) is 11.1 Å². The fourth-order valence-electron chi connectivity index (χ4n) is 1.07. The first kappa shape index (κ1) is 8.49. The van der Waals surface area contributed by atoms with E-state index in [0.29, 0.717) is 11.6 Å².